The normalized spacial score (nSPS) is 10.9. The van der Waals surface area contributed by atoms with Crippen LogP contribution in [-0.2, 0) is 4.79 Å². The summed E-state index contributed by atoms with van der Waals surface area (Å²) in [6, 6.07) is 16.8. The zero-order chi connectivity index (χ0) is 21.3. The molecule has 152 valence electrons. The first-order valence-corrected chi connectivity index (χ1v) is 9.91. The highest BCUT2D eigenvalue weighted by Gasteiger charge is 2.15. The molecule has 0 atom stereocenters. The van der Waals surface area contributed by atoms with Gasteiger partial charge in [0.2, 0.25) is 5.88 Å². The van der Waals surface area contributed by atoms with Crippen LogP contribution in [0.3, 0.4) is 0 Å². The lowest BCUT2D eigenvalue weighted by Gasteiger charge is -2.09. The third-order valence-corrected chi connectivity index (χ3v) is 5.00. The number of carbonyl (C=O) groups is 1. The van der Waals surface area contributed by atoms with E-state index in [2.05, 4.69) is 15.4 Å². The second-order valence-corrected chi connectivity index (χ2v) is 7.59. The molecule has 0 saturated carbocycles. The van der Waals surface area contributed by atoms with Crippen molar-refractivity contribution < 1.29 is 9.53 Å². The average molecular weight is 421 g/mol. The van der Waals surface area contributed by atoms with Crippen LogP contribution in [-0.4, -0.2) is 27.3 Å². The molecule has 1 N–H and O–H groups in total. The molecular formula is C23H21ClN4O2. The summed E-state index contributed by atoms with van der Waals surface area (Å²) < 4.78 is 7.48. The lowest BCUT2D eigenvalue weighted by atomic mass is 10.1. The Bertz CT molecular complexity index is 1210. The largest absolute Gasteiger partial charge is 0.467 e. The molecule has 0 spiro atoms. The Hall–Kier alpha value is -3.38. The van der Waals surface area contributed by atoms with Gasteiger partial charge in [-0.15, -0.1) is 0 Å². The molecule has 0 saturated heterocycles. The van der Waals surface area contributed by atoms with Gasteiger partial charge in [-0.05, 0) is 62.7 Å². The molecule has 30 heavy (non-hydrogen) atoms. The Labute approximate surface area is 179 Å². The molecular weight excluding hydrogens is 400 g/mol. The number of rotatable bonds is 5. The van der Waals surface area contributed by atoms with E-state index in [-0.39, 0.29) is 12.5 Å². The maximum absolute atomic E-state index is 12.2. The SMILES string of the molecule is Cc1ccc(-n2nc(C)c3c(C)cc(OCC(=O)Nc4ccc(Cl)cc4)nc32)cc1. The van der Waals surface area contributed by atoms with Crippen molar-refractivity contribution in [1.82, 2.24) is 14.8 Å². The first-order chi connectivity index (χ1) is 14.4. The van der Waals surface area contributed by atoms with Crippen molar-refractivity contribution in [2.45, 2.75) is 20.8 Å². The predicted octanol–water partition coefficient (Wildman–Crippen LogP) is 5.02. The molecule has 4 rings (SSSR count). The molecule has 2 aromatic heterocycles. The number of hydrogen-bond acceptors (Lipinski definition) is 4. The third kappa shape index (κ3) is 4.14. The van der Waals surface area contributed by atoms with E-state index in [0.29, 0.717) is 22.2 Å². The van der Waals surface area contributed by atoms with Crippen LogP contribution in [0.15, 0.2) is 54.6 Å². The van der Waals surface area contributed by atoms with Gasteiger partial charge in [-0.3, -0.25) is 4.79 Å². The number of nitrogens with one attached hydrogen (secondary N) is 1. The molecule has 2 aromatic carbocycles. The van der Waals surface area contributed by atoms with Crippen LogP contribution in [0, 0.1) is 20.8 Å². The minimum absolute atomic E-state index is 0.155. The van der Waals surface area contributed by atoms with Gasteiger partial charge in [0.25, 0.3) is 5.91 Å². The van der Waals surface area contributed by atoms with Gasteiger partial charge in [0.15, 0.2) is 12.3 Å². The maximum Gasteiger partial charge on any atom is 0.262 e. The lowest BCUT2D eigenvalue weighted by Crippen LogP contribution is -2.20. The zero-order valence-electron chi connectivity index (χ0n) is 16.9. The van der Waals surface area contributed by atoms with Crippen molar-refractivity contribution >= 4 is 34.2 Å². The molecule has 0 aliphatic carbocycles. The molecule has 4 aromatic rings. The van der Waals surface area contributed by atoms with E-state index >= 15 is 0 Å². The minimum Gasteiger partial charge on any atom is -0.467 e. The van der Waals surface area contributed by atoms with Gasteiger partial charge in [0, 0.05) is 22.2 Å². The summed E-state index contributed by atoms with van der Waals surface area (Å²) in [5.41, 5.74) is 5.33. The number of aryl methyl sites for hydroxylation is 3. The van der Waals surface area contributed by atoms with Gasteiger partial charge in [0.05, 0.1) is 11.4 Å². The van der Waals surface area contributed by atoms with Gasteiger partial charge in [-0.2, -0.15) is 10.1 Å². The van der Waals surface area contributed by atoms with Crippen LogP contribution in [0.4, 0.5) is 5.69 Å². The number of pyridine rings is 1. The molecule has 0 radical (unpaired) electrons. The van der Waals surface area contributed by atoms with E-state index in [1.807, 2.05) is 51.1 Å². The highest BCUT2D eigenvalue weighted by Crippen LogP contribution is 2.26. The molecule has 0 bridgehead atoms. The summed E-state index contributed by atoms with van der Waals surface area (Å²) in [4.78, 5) is 16.9. The van der Waals surface area contributed by atoms with E-state index in [0.717, 1.165) is 22.3 Å². The number of carbonyl (C=O) groups excluding carboxylic acids is 1. The topological polar surface area (TPSA) is 69.0 Å². The van der Waals surface area contributed by atoms with Crippen molar-refractivity contribution in [3.8, 4) is 11.6 Å². The second-order valence-electron chi connectivity index (χ2n) is 7.15. The van der Waals surface area contributed by atoms with Crippen molar-refractivity contribution in [1.29, 1.82) is 0 Å². The van der Waals surface area contributed by atoms with Crippen molar-refractivity contribution in [2.75, 3.05) is 11.9 Å². The van der Waals surface area contributed by atoms with E-state index in [9.17, 15) is 4.79 Å². The fourth-order valence-corrected chi connectivity index (χ4v) is 3.41. The summed E-state index contributed by atoms with van der Waals surface area (Å²) in [7, 11) is 0. The van der Waals surface area contributed by atoms with Crippen LogP contribution in [0.2, 0.25) is 5.02 Å². The van der Waals surface area contributed by atoms with Crippen molar-refractivity contribution in [3.63, 3.8) is 0 Å². The summed E-state index contributed by atoms with van der Waals surface area (Å²) in [5, 5.41) is 9.02. The molecule has 2 heterocycles. The predicted molar refractivity (Wildman–Crippen MR) is 119 cm³/mol. The maximum atomic E-state index is 12.2. The highest BCUT2D eigenvalue weighted by molar-refractivity contribution is 6.30. The van der Waals surface area contributed by atoms with E-state index in [1.54, 1.807) is 28.9 Å². The van der Waals surface area contributed by atoms with Gasteiger partial charge in [-0.1, -0.05) is 29.3 Å². The zero-order valence-corrected chi connectivity index (χ0v) is 17.7. The second kappa shape index (κ2) is 8.16. The summed E-state index contributed by atoms with van der Waals surface area (Å²) in [6.07, 6.45) is 0. The number of benzene rings is 2. The Morgan fingerprint density at radius 1 is 1.07 bits per heavy atom. The number of amides is 1. The molecule has 0 unspecified atom stereocenters. The van der Waals surface area contributed by atoms with E-state index in [4.69, 9.17) is 16.3 Å². The van der Waals surface area contributed by atoms with Crippen LogP contribution in [0.1, 0.15) is 16.8 Å². The fraction of sp³-hybridized carbons (Fsp3) is 0.174. The van der Waals surface area contributed by atoms with Crippen LogP contribution < -0.4 is 10.1 Å². The van der Waals surface area contributed by atoms with E-state index in [1.165, 1.54) is 5.56 Å². The van der Waals surface area contributed by atoms with Crippen LogP contribution >= 0.6 is 11.6 Å². The number of nitrogens with zero attached hydrogens (tertiary/aromatic N) is 3. The Morgan fingerprint density at radius 3 is 2.47 bits per heavy atom. The Kier molecular flexibility index (Phi) is 5.42. The van der Waals surface area contributed by atoms with Crippen molar-refractivity contribution in [3.05, 3.63) is 76.4 Å². The minimum atomic E-state index is -0.278. The number of hydrogen-bond donors (Lipinski definition) is 1. The first-order valence-electron chi connectivity index (χ1n) is 9.53. The smallest absolute Gasteiger partial charge is 0.262 e. The molecule has 7 heteroatoms. The molecule has 0 fully saturated rings. The number of halogens is 1. The fourth-order valence-electron chi connectivity index (χ4n) is 3.28. The number of fused-ring (bicyclic) bond motifs is 1. The van der Waals surface area contributed by atoms with Gasteiger partial charge in [0.1, 0.15) is 0 Å². The van der Waals surface area contributed by atoms with Crippen LogP contribution in [0.5, 0.6) is 5.88 Å². The van der Waals surface area contributed by atoms with Gasteiger partial charge < -0.3 is 10.1 Å². The molecule has 6 nitrogen and oxygen atoms in total. The Morgan fingerprint density at radius 2 is 1.77 bits per heavy atom. The van der Waals surface area contributed by atoms with Crippen LogP contribution in [0.25, 0.3) is 16.7 Å². The number of aromatic nitrogens is 3. The lowest BCUT2D eigenvalue weighted by molar-refractivity contribution is -0.118. The summed E-state index contributed by atoms with van der Waals surface area (Å²) in [5.74, 6) is 0.0969. The number of anilines is 1. The highest BCUT2D eigenvalue weighted by atomic mass is 35.5. The summed E-state index contributed by atoms with van der Waals surface area (Å²) in [6.45, 7) is 5.83. The quantitative estimate of drug-likeness (QED) is 0.492. The summed E-state index contributed by atoms with van der Waals surface area (Å²) >= 11 is 5.87. The number of ether oxygens (including phenoxy) is 1. The standard InChI is InChI=1S/C23H21ClN4O2/c1-14-4-10-19(11-5-14)28-23-22(16(3)27-28)15(2)12-21(26-23)30-13-20(29)25-18-8-6-17(24)7-9-18/h4-12H,13H2,1-3H3,(H,25,29). The van der Waals surface area contributed by atoms with E-state index < -0.39 is 0 Å². The molecule has 0 aliphatic heterocycles. The monoisotopic (exact) mass is 420 g/mol. The Balaban J connectivity index is 1.57. The van der Waals surface area contributed by atoms with Crippen molar-refractivity contribution in [2.24, 2.45) is 0 Å². The molecule has 1 amide bonds. The van der Waals surface area contributed by atoms with Gasteiger partial charge >= 0.3 is 0 Å². The molecule has 0 aliphatic rings. The first kappa shape index (κ1) is 19.9. The average Bonchev–Trinajstić information content (AvgIpc) is 3.06. The third-order valence-electron chi connectivity index (χ3n) is 4.74. The van der Waals surface area contributed by atoms with Gasteiger partial charge in [-0.25, -0.2) is 4.68 Å².